The number of carboxylic acid groups (broad SMARTS) is 2. The Kier molecular flexibility index (Phi) is 11.1. The van der Waals surface area contributed by atoms with Crippen LogP contribution in [0.2, 0.25) is 0 Å². The van der Waals surface area contributed by atoms with Gasteiger partial charge in [-0.3, -0.25) is 9.59 Å². The van der Waals surface area contributed by atoms with Crippen molar-refractivity contribution in [3.05, 3.63) is 47.5 Å². The highest BCUT2D eigenvalue weighted by Gasteiger charge is 2.38. The molecule has 1 heterocycles. The van der Waals surface area contributed by atoms with Gasteiger partial charge >= 0.3 is 18.1 Å². The molecule has 0 bridgehead atoms. The Labute approximate surface area is 187 Å². The van der Waals surface area contributed by atoms with E-state index in [1.165, 1.54) is 33.7 Å². The van der Waals surface area contributed by atoms with Crippen molar-refractivity contribution in [1.29, 1.82) is 0 Å². The standard InChI is InChI=1S/C16H18FN3O3S2.C2HF3O2/c1-11-14(10-20(19-11)13-4-2-12(17)3-5-13)16(23)18-7-9-25-24-8-6-15(21)22;3-2(4,5)1(6)7/h2-5,10H,6-9H2,1H3,(H,18,23)(H,21,22);(H,6,7). The number of hydrogen-bond acceptors (Lipinski definition) is 6. The van der Waals surface area contributed by atoms with Gasteiger partial charge in [0.1, 0.15) is 5.82 Å². The van der Waals surface area contributed by atoms with Gasteiger partial charge in [0.2, 0.25) is 0 Å². The minimum Gasteiger partial charge on any atom is -0.481 e. The first-order valence-electron chi connectivity index (χ1n) is 8.78. The van der Waals surface area contributed by atoms with Crippen molar-refractivity contribution in [3.63, 3.8) is 0 Å². The van der Waals surface area contributed by atoms with Gasteiger partial charge < -0.3 is 15.5 Å². The molecule has 0 aliphatic rings. The van der Waals surface area contributed by atoms with E-state index in [0.29, 0.717) is 35.0 Å². The first kappa shape index (κ1) is 27.3. The number of halogens is 4. The summed E-state index contributed by atoms with van der Waals surface area (Å²) in [5.74, 6) is -2.90. The van der Waals surface area contributed by atoms with Gasteiger partial charge in [-0.2, -0.15) is 18.3 Å². The Hall–Kier alpha value is -2.74. The molecule has 8 nitrogen and oxygen atoms in total. The van der Waals surface area contributed by atoms with Crippen molar-refractivity contribution in [2.45, 2.75) is 19.5 Å². The molecule has 0 aliphatic heterocycles. The van der Waals surface area contributed by atoms with Gasteiger partial charge in [-0.25, -0.2) is 13.9 Å². The molecule has 14 heteroatoms. The maximum Gasteiger partial charge on any atom is 0.490 e. The summed E-state index contributed by atoms with van der Waals surface area (Å²) in [7, 11) is 2.99. The third-order valence-electron chi connectivity index (χ3n) is 3.43. The van der Waals surface area contributed by atoms with Gasteiger partial charge in [-0.05, 0) is 31.2 Å². The lowest BCUT2D eigenvalue weighted by atomic mass is 10.2. The summed E-state index contributed by atoms with van der Waals surface area (Å²) in [5, 5.41) is 22.8. The maximum atomic E-state index is 13.0. The number of nitrogens with one attached hydrogen (secondary N) is 1. The van der Waals surface area contributed by atoms with E-state index in [1.54, 1.807) is 29.9 Å². The summed E-state index contributed by atoms with van der Waals surface area (Å²) >= 11 is 0. The number of aromatic nitrogens is 2. The zero-order valence-electron chi connectivity index (χ0n) is 16.6. The Balaban J connectivity index is 0.000000633. The number of carboxylic acids is 2. The minimum atomic E-state index is -5.08. The fourth-order valence-corrected chi connectivity index (χ4v) is 3.84. The predicted octanol–water partition coefficient (Wildman–Crippen LogP) is 3.54. The van der Waals surface area contributed by atoms with E-state index >= 15 is 0 Å². The van der Waals surface area contributed by atoms with Crippen LogP contribution < -0.4 is 5.32 Å². The molecule has 0 fully saturated rings. The molecular formula is C18H19F4N3O5S2. The third-order valence-corrected chi connectivity index (χ3v) is 5.84. The second kappa shape index (κ2) is 13.0. The van der Waals surface area contributed by atoms with Crippen molar-refractivity contribution in [2.24, 2.45) is 0 Å². The monoisotopic (exact) mass is 497 g/mol. The number of carbonyl (C=O) groups is 3. The quantitative estimate of drug-likeness (QED) is 0.273. The average Bonchev–Trinajstić information content (AvgIpc) is 3.09. The largest absolute Gasteiger partial charge is 0.490 e. The molecule has 0 radical (unpaired) electrons. The first-order chi connectivity index (χ1) is 14.9. The summed E-state index contributed by atoms with van der Waals surface area (Å²) < 4.78 is 46.3. The molecule has 0 saturated carbocycles. The lowest BCUT2D eigenvalue weighted by Crippen LogP contribution is -2.25. The zero-order valence-corrected chi connectivity index (χ0v) is 18.2. The van der Waals surface area contributed by atoms with Gasteiger partial charge in [0.25, 0.3) is 5.91 Å². The van der Waals surface area contributed by atoms with Crippen LogP contribution in [-0.2, 0) is 9.59 Å². The van der Waals surface area contributed by atoms with Crippen LogP contribution in [0.5, 0.6) is 0 Å². The molecule has 0 saturated heterocycles. The third kappa shape index (κ3) is 10.0. The zero-order chi connectivity index (χ0) is 24.3. The number of carbonyl (C=O) groups excluding carboxylic acids is 1. The molecule has 0 unspecified atom stereocenters. The van der Waals surface area contributed by atoms with E-state index in [4.69, 9.17) is 15.0 Å². The fourth-order valence-electron chi connectivity index (χ4n) is 1.96. The molecule has 1 aromatic carbocycles. The predicted molar refractivity (Wildman–Crippen MR) is 111 cm³/mol. The van der Waals surface area contributed by atoms with Gasteiger partial charge in [-0.1, -0.05) is 21.6 Å². The van der Waals surface area contributed by atoms with Crippen molar-refractivity contribution < 1.29 is 42.2 Å². The Bertz CT molecular complexity index is 920. The van der Waals surface area contributed by atoms with Crippen LogP contribution in [0.1, 0.15) is 22.5 Å². The summed E-state index contributed by atoms with van der Waals surface area (Å²) in [6.45, 7) is 2.22. The number of benzene rings is 1. The molecule has 176 valence electrons. The highest BCUT2D eigenvalue weighted by molar-refractivity contribution is 8.76. The van der Waals surface area contributed by atoms with E-state index in [0.717, 1.165) is 0 Å². The van der Waals surface area contributed by atoms with Gasteiger partial charge in [0.05, 0.1) is 23.4 Å². The van der Waals surface area contributed by atoms with E-state index in [9.17, 15) is 27.2 Å². The van der Waals surface area contributed by atoms with Gasteiger partial charge in [0.15, 0.2) is 0 Å². The maximum absolute atomic E-state index is 13.0. The SMILES string of the molecule is Cc1nn(-c2ccc(F)cc2)cc1C(=O)NCCSSCCC(=O)O.O=C(O)C(F)(F)F. The van der Waals surface area contributed by atoms with Gasteiger partial charge in [0, 0.05) is 24.2 Å². The summed E-state index contributed by atoms with van der Waals surface area (Å²) in [4.78, 5) is 31.5. The van der Waals surface area contributed by atoms with Crippen LogP contribution in [0, 0.1) is 12.7 Å². The summed E-state index contributed by atoms with van der Waals surface area (Å²) in [6.07, 6.45) is -3.33. The summed E-state index contributed by atoms with van der Waals surface area (Å²) in [6, 6.07) is 5.86. The second-order valence-electron chi connectivity index (χ2n) is 5.90. The van der Waals surface area contributed by atoms with Crippen LogP contribution in [0.3, 0.4) is 0 Å². The molecule has 2 rings (SSSR count). The fraction of sp³-hybridized carbons (Fsp3) is 0.333. The molecule has 0 spiro atoms. The van der Waals surface area contributed by atoms with Gasteiger partial charge in [-0.15, -0.1) is 0 Å². The molecular weight excluding hydrogens is 478 g/mol. The number of aliphatic carboxylic acids is 2. The van der Waals surface area contributed by atoms with E-state index in [1.807, 2.05) is 0 Å². The number of aryl methyl sites for hydroxylation is 1. The van der Waals surface area contributed by atoms with Crippen molar-refractivity contribution in [3.8, 4) is 5.69 Å². The van der Waals surface area contributed by atoms with Crippen LogP contribution in [0.25, 0.3) is 5.69 Å². The van der Waals surface area contributed by atoms with E-state index in [-0.39, 0.29) is 18.1 Å². The normalized spacial score (nSPS) is 10.8. The minimum absolute atomic E-state index is 0.131. The van der Waals surface area contributed by atoms with Crippen LogP contribution in [0.4, 0.5) is 17.6 Å². The van der Waals surface area contributed by atoms with Crippen LogP contribution in [0.15, 0.2) is 30.5 Å². The topological polar surface area (TPSA) is 122 Å². The Morgan fingerprint density at radius 2 is 1.66 bits per heavy atom. The van der Waals surface area contributed by atoms with Crippen LogP contribution >= 0.6 is 21.6 Å². The molecule has 3 N–H and O–H groups in total. The second-order valence-corrected chi connectivity index (χ2v) is 8.60. The first-order valence-corrected chi connectivity index (χ1v) is 11.3. The highest BCUT2D eigenvalue weighted by Crippen LogP contribution is 2.21. The molecule has 32 heavy (non-hydrogen) atoms. The van der Waals surface area contributed by atoms with E-state index in [2.05, 4.69) is 10.4 Å². The molecule has 2 aromatic rings. The number of hydrogen-bond donors (Lipinski definition) is 3. The Morgan fingerprint density at radius 1 is 1.09 bits per heavy atom. The lowest BCUT2D eigenvalue weighted by Gasteiger charge is -2.03. The molecule has 0 atom stereocenters. The lowest BCUT2D eigenvalue weighted by molar-refractivity contribution is -0.192. The molecule has 1 amide bonds. The van der Waals surface area contributed by atoms with E-state index < -0.39 is 18.1 Å². The number of rotatable bonds is 9. The molecule has 0 aliphatic carbocycles. The number of nitrogens with zero attached hydrogens (tertiary/aromatic N) is 2. The highest BCUT2D eigenvalue weighted by atomic mass is 33.1. The number of amides is 1. The summed E-state index contributed by atoms with van der Waals surface area (Å²) in [5.41, 5.74) is 1.73. The molecule has 1 aromatic heterocycles. The Morgan fingerprint density at radius 3 is 2.19 bits per heavy atom. The average molecular weight is 497 g/mol. The van der Waals surface area contributed by atoms with Crippen molar-refractivity contribution in [1.82, 2.24) is 15.1 Å². The van der Waals surface area contributed by atoms with Crippen LogP contribution in [-0.4, -0.2) is 62.1 Å². The smallest absolute Gasteiger partial charge is 0.481 e. The number of alkyl halides is 3. The van der Waals surface area contributed by atoms with Crippen molar-refractivity contribution in [2.75, 3.05) is 18.1 Å². The van der Waals surface area contributed by atoms with Crippen molar-refractivity contribution >= 4 is 39.4 Å².